The van der Waals surface area contributed by atoms with E-state index in [4.69, 9.17) is 5.11 Å². The second-order valence-electron chi connectivity index (χ2n) is 4.88. The Kier molecular flexibility index (Phi) is 4.24. The van der Waals surface area contributed by atoms with Crippen molar-refractivity contribution in [2.75, 3.05) is 6.54 Å². The van der Waals surface area contributed by atoms with Gasteiger partial charge in [-0.3, -0.25) is 0 Å². The molecule has 3 unspecified atom stereocenters. The number of β-amino-alcohol motifs (C(OH)–C–C–N with tert-alkyl or cyclic N) is 1. The Hall–Kier alpha value is -1.67. The molecule has 2 rings (SSSR count). The minimum absolute atomic E-state index is 0.0341. The Bertz CT molecular complexity index is 519. The predicted octanol–water partition coefficient (Wildman–Crippen LogP) is 0.742. The number of carboxylic acid groups (broad SMARTS) is 1. The maximum atomic E-state index is 12.1. The number of rotatable bonds is 3. The molecule has 1 aromatic rings. The number of carboxylic acids is 1. The van der Waals surface area contributed by atoms with Gasteiger partial charge in [0.2, 0.25) is 0 Å². The van der Waals surface area contributed by atoms with E-state index < -0.39 is 24.1 Å². The predicted molar refractivity (Wildman–Crippen MR) is 72.6 cm³/mol. The Morgan fingerprint density at radius 3 is 2.85 bits per heavy atom. The Labute approximate surface area is 120 Å². The van der Waals surface area contributed by atoms with Gasteiger partial charge in [-0.25, -0.2) is 14.6 Å². The van der Waals surface area contributed by atoms with Crippen LogP contribution in [0.15, 0.2) is 6.20 Å². The number of likely N-dealkylation sites (tertiary alicyclic amines) is 1. The smallest absolute Gasteiger partial charge is 0.326 e. The average Bonchev–Trinajstić information content (AvgIpc) is 2.95. The largest absolute Gasteiger partial charge is 0.480 e. The third-order valence-corrected chi connectivity index (χ3v) is 4.27. The van der Waals surface area contributed by atoms with Crippen molar-refractivity contribution in [1.82, 2.24) is 15.2 Å². The van der Waals surface area contributed by atoms with Gasteiger partial charge in [0.15, 0.2) is 0 Å². The van der Waals surface area contributed by atoms with Gasteiger partial charge in [-0.15, -0.1) is 11.3 Å². The van der Waals surface area contributed by atoms with Crippen molar-refractivity contribution in [3.05, 3.63) is 16.1 Å². The third-order valence-electron chi connectivity index (χ3n) is 3.17. The Balaban J connectivity index is 2.02. The molecule has 3 N–H and O–H groups in total. The quantitative estimate of drug-likeness (QED) is 0.764. The van der Waals surface area contributed by atoms with Crippen LogP contribution in [-0.4, -0.2) is 50.8 Å². The summed E-state index contributed by atoms with van der Waals surface area (Å²) in [4.78, 5) is 29.6. The summed E-state index contributed by atoms with van der Waals surface area (Å²) in [5, 5.41) is 22.1. The summed E-state index contributed by atoms with van der Waals surface area (Å²) in [6.07, 6.45) is 0.995. The molecule has 110 valence electrons. The number of aryl methyl sites for hydroxylation is 1. The summed E-state index contributed by atoms with van der Waals surface area (Å²) in [6.45, 7) is 3.75. The van der Waals surface area contributed by atoms with E-state index in [2.05, 4.69) is 10.3 Å². The minimum Gasteiger partial charge on any atom is -0.480 e. The SMILES string of the molecule is Cc1cnc(C(C)NC(=O)N2CC(O)CC2C(=O)O)s1. The fourth-order valence-electron chi connectivity index (χ4n) is 2.17. The zero-order valence-corrected chi connectivity index (χ0v) is 12.1. The highest BCUT2D eigenvalue weighted by Gasteiger charge is 2.39. The molecule has 7 nitrogen and oxygen atoms in total. The fraction of sp³-hybridized carbons (Fsp3) is 0.583. The van der Waals surface area contributed by atoms with E-state index in [0.29, 0.717) is 0 Å². The highest BCUT2D eigenvalue weighted by atomic mass is 32.1. The van der Waals surface area contributed by atoms with E-state index >= 15 is 0 Å². The second-order valence-corrected chi connectivity index (χ2v) is 6.14. The lowest BCUT2D eigenvalue weighted by Crippen LogP contribution is -2.46. The van der Waals surface area contributed by atoms with Crippen molar-refractivity contribution in [3.8, 4) is 0 Å². The molecule has 2 amide bonds. The number of thiazole rings is 1. The lowest BCUT2D eigenvalue weighted by atomic mass is 10.2. The number of carbonyl (C=O) groups is 2. The maximum Gasteiger partial charge on any atom is 0.326 e. The van der Waals surface area contributed by atoms with Gasteiger partial charge in [0.05, 0.1) is 12.1 Å². The van der Waals surface area contributed by atoms with Crippen LogP contribution < -0.4 is 5.32 Å². The van der Waals surface area contributed by atoms with Gasteiger partial charge >= 0.3 is 12.0 Å². The lowest BCUT2D eigenvalue weighted by Gasteiger charge is -2.23. The summed E-state index contributed by atoms with van der Waals surface area (Å²) >= 11 is 1.48. The molecule has 1 aromatic heterocycles. The van der Waals surface area contributed by atoms with Crippen molar-refractivity contribution in [1.29, 1.82) is 0 Å². The molecule has 2 heterocycles. The summed E-state index contributed by atoms with van der Waals surface area (Å²) in [5.41, 5.74) is 0. The van der Waals surface area contributed by atoms with Crippen LogP contribution >= 0.6 is 11.3 Å². The molecule has 20 heavy (non-hydrogen) atoms. The average molecular weight is 299 g/mol. The number of aliphatic hydroxyl groups excluding tert-OH is 1. The van der Waals surface area contributed by atoms with Crippen molar-refractivity contribution >= 4 is 23.3 Å². The molecule has 8 heteroatoms. The number of aromatic nitrogens is 1. The number of nitrogens with zero attached hydrogens (tertiary/aromatic N) is 2. The molecule has 0 saturated carbocycles. The number of amides is 2. The number of carbonyl (C=O) groups excluding carboxylic acids is 1. The van der Waals surface area contributed by atoms with Crippen molar-refractivity contribution in [3.63, 3.8) is 0 Å². The molecule has 1 fully saturated rings. The van der Waals surface area contributed by atoms with Gasteiger partial charge in [0.25, 0.3) is 0 Å². The molecule has 0 aliphatic carbocycles. The molecule has 0 radical (unpaired) electrons. The normalized spacial score (nSPS) is 23.6. The van der Waals surface area contributed by atoms with E-state index in [1.165, 1.54) is 11.3 Å². The molecule has 1 aliphatic rings. The molecular weight excluding hydrogens is 282 g/mol. The second kappa shape index (κ2) is 5.76. The van der Waals surface area contributed by atoms with E-state index in [9.17, 15) is 14.7 Å². The fourth-order valence-corrected chi connectivity index (χ4v) is 2.95. The number of urea groups is 1. The zero-order chi connectivity index (χ0) is 14.9. The lowest BCUT2D eigenvalue weighted by molar-refractivity contribution is -0.141. The summed E-state index contributed by atoms with van der Waals surface area (Å²) in [6, 6.07) is -1.77. The van der Waals surface area contributed by atoms with Crippen molar-refractivity contribution in [2.45, 2.75) is 38.5 Å². The van der Waals surface area contributed by atoms with Crippen LogP contribution in [0.4, 0.5) is 4.79 Å². The van der Waals surface area contributed by atoms with Crippen LogP contribution in [0, 0.1) is 6.92 Å². The van der Waals surface area contributed by atoms with E-state index in [0.717, 1.165) is 14.8 Å². The maximum absolute atomic E-state index is 12.1. The first kappa shape index (κ1) is 14.7. The standard InChI is InChI=1S/C12H17N3O4S/c1-6-4-13-10(20-6)7(2)14-12(19)15-5-8(16)3-9(15)11(17)18/h4,7-9,16H,3,5H2,1-2H3,(H,14,19)(H,17,18). The number of aliphatic carboxylic acids is 1. The molecule has 1 saturated heterocycles. The first-order valence-electron chi connectivity index (χ1n) is 6.28. The number of nitrogens with one attached hydrogen (secondary N) is 1. The minimum atomic E-state index is -1.10. The molecule has 0 bridgehead atoms. The van der Waals surface area contributed by atoms with Crippen LogP contribution in [0.25, 0.3) is 0 Å². The van der Waals surface area contributed by atoms with Crippen LogP contribution in [0.2, 0.25) is 0 Å². The van der Waals surface area contributed by atoms with Gasteiger partial charge < -0.3 is 20.4 Å². The van der Waals surface area contributed by atoms with Gasteiger partial charge in [-0.1, -0.05) is 0 Å². The molecular formula is C12H17N3O4S. The summed E-state index contributed by atoms with van der Waals surface area (Å²) in [5.74, 6) is -1.10. The van der Waals surface area contributed by atoms with Crippen LogP contribution in [0.1, 0.15) is 29.3 Å². The molecule has 0 spiro atoms. The summed E-state index contributed by atoms with van der Waals surface area (Å²) < 4.78 is 0. The molecule has 0 aromatic carbocycles. The van der Waals surface area contributed by atoms with E-state index in [-0.39, 0.29) is 19.0 Å². The van der Waals surface area contributed by atoms with Crippen LogP contribution in [-0.2, 0) is 4.79 Å². The summed E-state index contributed by atoms with van der Waals surface area (Å²) in [7, 11) is 0. The van der Waals surface area contributed by atoms with Gasteiger partial charge in [-0.2, -0.15) is 0 Å². The van der Waals surface area contributed by atoms with Crippen molar-refractivity contribution < 1.29 is 19.8 Å². The highest BCUT2D eigenvalue weighted by Crippen LogP contribution is 2.22. The van der Waals surface area contributed by atoms with Crippen LogP contribution in [0.3, 0.4) is 0 Å². The van der Waals surface area contributed by atoms with E-state index in [1.807, 2.05) is 6.92 Å². The molecule has 3 atom stereocenters. The monoisotopic (exact) mass is 299 g/mol. The van der Waals surface area contributed by atoms with Gasteiger partial charge in [0.1, 0.15) is 11.0 Å². The van der Waals surface area contributed by atoms with Crippen molar-refractivity contribution in [2.24, 2.45) is 0 Å². The number of hydrogen-bond acceptors (Lipinski definition) is 5. The first-order chi connectivity index (χ1) is 9.38. The van der Waals surface area contributed by atoms with E-state index in [1.54, 1.807) is 13.1 Å². The van der Waals surface area contributed by atoms with Gasteiger partial charge in [-0.05, 0) is 13.8 Å². The highest BCUT2D eigenvalue weighted by molar-refractivity contribution is 7.11. The molecule has 1 aliphatic heterocycles. The van der Waals surface area contributed by atoms with Crippen LogP contribution in [0.5, 0.6) is 0 Å². The number of aliphatic hydroxyl groups is 1. The zero-order valence-electron chi connectivity index (χ0n) is 11.2. The Morgan fingerprint density at radius 1 is 1.60 bits per heavy atom. The topological polar surface area (TPSA) is 103 Å². The Morgan fingerprint density at radius 2 is 2.30 bits per heavy atom. The first-order valence-corrected chi connectivity index (χ1v) is 7.10. The van der Waals surface area contributed by atoms with Gasteiger partial charge in [0, 0.05) is 24.0 Å². The third kappa shape index (κ3) is 3.07. The number of hydrogen-bond donors (Lipinski definition) is 3.